The molecule has 4 rings (SSSR count). The topological polar surface area (TPSA) is 80.3 Å². The van der Waals surface area contributed by atoms with E-state index in [0.29, 0.717) is 6.42 Å². The van der Waals surface area contributed by atoms with Gasteiger partial charge in [0.1, 0.15) is 18.8 Å². The largest absolute Gasteiger partial charge is 0.463 e. The number of hydrogen-bond acceptors (Lipinski definition) is 7. The second kappa shape index (κ2) is 5.61. The highest BCUT2D eigenvalue weighted by Crippen LogP contribution is 2.54. The molecule has 138 valence electrons. The molecule has 0 N–H and O–H groups in total. The van der Waals surface area contributed by atoms with Crippen LogP contribution in [0.25, 0.3) is 0 Å². The maximum atomic E-state index is 12.0. The minimum atomic E-state index is -0.768. The lowest BCUT2D eigenvalue weighted by Gasteiger charge is -2.40. The fraction of sp³-hybridized carbons (Fsp3) is 0.778. The number of hydrogen-bond donors (Lipinski definition) is 0. The first-order valence-electron chi connectivity index (χ1n) is 8.73. The molecule has 3 aliphatic heterocycles. The number of ketones is 1. The summed E-state index contributed by atoms with van der Waals surface area (Å²) >= 11 is 0. The Kier molecular flexibility index (Phi) is 3.85. The van der Waals surface area contributed by atoms with Gasteiger partial charge < -0.3 is 23.7 Å². The zero-order chi connectivity index (χ0) is 18.0. The van der Waals surface area contributed by atoms with Crippen molar-refractivity contribution in [1.29, 1.82) is 0 Å². The smallest absolute Gasteiger partial charge is 0.302 e. The predicted molar refractivity (Wildman–Crippen MR) is 84.4 cm³/mol. The third-order valence-electron chi connectivity index (χ3n) is 5.58. The Morgan fingerprint density at radius 2 is 1.96 bits per heavy atom. The minimum absolute atomic E-state index is 0.0327. The highest BCUT2D eigenvalue weighted by atomic mass is 16.8. The molecule has 0 amide bonds. The molecule has 0 bridgehead atoms. The van der Waals surface area contributed by atoms with Gasteiger partial charge in [0, 0.05) is 25.2 Å². The second-order valence-electron chi connectivity index (χ2n) is 7.90. The van der Waals surface area contributed by atoms with Crippen LogP contribution < -0.4 is 0 Å². The molecular formula is C18H24O7. The van der Waals surface area contributed by atoms with Gasteiger partial charge in [-0.15, -0.1) is 0 Å². The molecule has 7 nitrogen and oxygen atoms in total. The predicted octanol–water partition coefficient (Wildman–Crippen LogP) is 1.34. The van der Waals surface area contributed by atoms with E-state index in [0.717, 1.165) is 0 Å². The average molecular weight is 352 g/mol. The summed E-state index contributed by atoms with van der Waals surface area (Å²) in [4.78, 5) is 23.2. The number of carbonyl (C=O) groups is 2. The summed E-state index contributed by atoms with van der Waals surface area (Å²) in [5.41, 5.74) is -0.569. The monoisotopic (exact) mass is 352 g/mol. The summed E-state index contributed by atoms with van der Waals surface area (Å²) in [6, 6.07) is 0. The molecule has 0 unspecified atom stereocenters. The molecular weight excluding hydrogens is 328 g/mol. The fourth-order valence-corrected chi connectivity index (χ4v) is 4.52. The lowest BCUT2D eigenvalue weighted by atomic mass is 9.71. The molecule has 3 saturated heterocycles. The molecule has 0 radical (unpaired) electrons. The lowest BCUT2D eigenvalue weighted by molar-refractivity contribution is -0.251. The van der Waals surface area contributed by atoms with Crippen LogP contribution in [0, 0.1) is 11.8 Å². The van der Waals surface area contributed by atoms with Crippen molar-refractivity contribution in [3.05, 3.63) is 12.2 Å². The van der Waals surface area contributed by atoms with E-state index < -0.39 is 23.8 Å². The Morgan fingerprint density at radius 3 is 2.68 bits per heavy atom. The minimum Gasteiger partial charge on any atom is -0.463 e. The molecule has 0 aromatic heterocycles. The van der Waals surface area contributed by atoms with E-state index in [1.54, 1.807) is 6.08 Å². The van der Waals surface area contributed by atoms with E-state index in [9.17, 15) is 9.59 Å². The molecule has 0 spiro atoms. The van der Waals surface area contributed by atoms with Crippen LogP contribution in [-0.4, -0.2) is 54.3 Å². The van der Waals surface area contributed by atoms with Crippen molar-refractivity contribution in [1.82, 2.24) is 0 Å². The molecule has 4 aliphatic rings. The van der Waals surface area contributed by atoms with E-state index in [-0.39, 0.29) is 42.4 Å². The normalized spacial score (nSPS) is 47.1. The number of esters is 1. The van der Waals surface area contributed by atoms with E-state index >= 15 is 0 Å². The van der Waals surface area contributed by atoms with E-state index in [4.69, 9.17) is 23.7 Å². The summed E-state index contributed by atoms with van der Waals surface area (Å²) in [5, 5.41) is 0. The molecule has 7 heteroatoms. The summed E-state index contributed by atoms with van der Waals surface area (Å²) in [6.07, 6.45) is 2.16. The molecule has 0 saturated carbocycles. The molecule has 3 heterocycles. The molecule has 7 atom stereocenters. The van der Waals surface area contributed by atoms with Gasteiger partial charge in [-0.1, -0.05) is 0 Å². The third kappa shape index (κ3) is 2.83. The van der Waals surface area contributed by atoms with Gasteiger partial charge in [0.2, 0.25) is 0 Å². The number of carbonyl (C=O) groups excluding carboxylic acids is 2. The number of fused-ring (bicyclic) bond motifs is 5. The highest BCUT2D eigenvalue weighted by molar-refractivity contribution is 5.91. The molecule has 0 aromatic carbocycles. The fourth-order valence-electron chi connectivity index (χ4n) is 4.52. The second-order valence-corrected chi connectivity index (χ2v) is 7.90. The van der Waals surface area contributed by atoms with Crippen molar-refractivity contribution in [2.75, 3.05) is 6.61 Å². The van der Waals surface area contributed by atoms with Crippen LogP contribution in [0.1, 0.15) is 34.1 Å². The Bertz CT molecular complexity index is 627. The van der Waals surface area contributed by atoms with Gasteiger partial charge in [-0.2, -0.15) is 0 Å². The van der Waals surface area contributed by atoms with Gasteiger partial charge in [0.15, 0.2) is 17.9 Å². The molecule has 25 heavy (non-hydrogen) atoms. The van der Waals surface area contributed by atoms with E-state index in [2.05, 4.69) is 0 Å². The summed E-state index contributed by atoms with van der Waals surface area (Å²) in [5.74, 6) is -1.20. The first-order valence-corrected chi connectivity index (χ1v) is 8.73. The van der Waals surface area contributed by atoms with Crippen molar-refractivity contribution >= 4 is 11.8 Å². The van der Waals surface area contributed by atoms with E-state index in [1.165, 1.54) is 6.92 Å². The summed E-state index contributed by atoms with van der Waals surface area (Å²) in [6.45, 7) is 7.11. The zero-order valence-electron chi connectivity index (χ0n) is 14.9. The van der Waals surface area contributed by atoms with Crippen LogP contribution in [0.3, 0.4) is 0 Å². The Hall–Kier alpha value is -1.28. The highest BCUT2D eigenvalue weighted by Gasteiger charge is 2.64. The van der Waals surface area contributed by atoms with Gasteiger partial charge in [-0.25, -0.2) is 0 Å². The SMILES string of the molecule is CC(=O)OC[C@H]1O[C@H]2O[C@]3(C)C=CC(=O)C[C@@H]3[C@H]2[C@H]2OC(C)(C)O[C@H]21. The van der Waals surface area contributed by atoms with Gasteiger partial charge in [-0.3, -0.25) is 9.59 Å². The van der Waals surface area contributed by atoms with E-state index in [1.807, 2.05) is 26.8 Å². The Balaban J connectivity index is 1.64. The van der Waals surface area contributed by atoms with Crippen molar-refractivity contribution in [2.45, 2.75) is 70.1 Å². The standard InChI is InChI=1S/C18H24O7/c1-9(19)21-8-12-14-15(24-17(2,3)23-14)13-11-7-10(20)5-6-18(11,4)25-16(13)22-12/h5-6,11-16H,7-8H2,1-4H3/t11-,12-,13+,14+,15-,16+,18-/m1/s1. The van der Waals surface area contributed by atoms with Crippen molar-refractivity contribution < 1.29 is 33.3 Å². The van der Waals surface area contributed by atoms with Crippen molar-refractivity contribution in [3.8, 4) is 0 Å². The maximum Gasteiger partial charge on any atom is 0.302 e. The Morgan fingerprint density at radius 1 is 1.24 bits per heavy atom. The van der Waals surface area contributed by atoms with Crippen LogP contribution >= 0.6 is 0 Å². The number of ether oxygens (including phenoxy) is 5. The molecule has 0 aromatic rings. The van der Waals surface area contributed by atoms with Gasteiger partial charge >= 0.3 is 5.97 Å². The van der Waals surface area contributed by atoms with Crippen molar-refractivity contribution in [3.63, 3.8) is 0 Å². The van der Waals surface area contributed by atoms with Gasteiger partial charge in [0.25, 0.3) is 0 Å². The van der Waals surface area contributed by atoms with Crippen LogP contribution in [-0.2, 0) is 33.3 Å². The van der Waals surface area contributed by atoms with Gasteiger partial charge in [-0.05, 0) is 32.9 Å². The summed E-state index contributed by atoms with van der Waals surface area (Å²) in [7, 11) is 0. The van der Waals surface area contributed by atoms with Crippen LogP contribution in [0.5, 0.6) is 0 Å². The maximum absolute atomic E-state index is 12.0. The summed E-state index contributed by atoms with van der Waals surface area (Å²) < 4.78 is 29.7. The quantitative estimate of drug-likeness (QED) is 0.694. The van der Waals surface area contributed by atoms with Crippen LogP contribution in [0.4, 0.5) is 0 Å². The third-order valence-corrected chi connectivity index (χ3v) is 5.58. The molecule has 1 aliphatic carbocycles. The van der Waals surface area contributed by atoms with Crippen molar-refractivity contribution in [2.24, 2.45) is 11.8 Å². The lowest BCUT2D eigenvalue weighted by Crippen LogP contribution is -2.54. The average Bonchev–Trinajstić information content (AvgIpc) is 2.97. The van der Waals surface area contributed by atoms with Crippen LogP contribution in [0.15, 0.2) is 12.2 Å². The Labute approximate surface area is 146 Å². The number of allylic oxidation sites excluding steroid dienone is 1. The van der Waals surface area contributed by atoms with Crippen LogP contribution in [0.2, 0.25) is 0 Å². The van der Waals surface area contributed by atoms with Gasteiger partial charge in [0.05, 0.1) is 11.7 Å². The number of rotatable bonds is 2. The first-order chi connectivity index (χ1) is 11.7. The first kappa shape index (κ1) is 17.1. The zero-order valence-corrected chi connectivity index (χ0v) is 14.9. The molecule has 3 fully saturated rings.